The Labute approximate surface area is 197 Å². The standard InChI is InChI=1S/C24H39NO8/c1-7-11-18(26)31-21-17(5)30-24(29-16-15-25(6)14-10-4)23(33-20(28)13-9-3)22(21)32-19(27)12-8-2/h4,17,21-24H,7-9,11-16H2,1-3,5-6H3. The molecule has 0 aromatic heterocycles. The highest BCUT2D eigenvalue weighted by Gasteiger charge is 2.51. The van der Waals surface area contributed by atoms with E-state index >= 15 is 0 Å². The van der Waals surface area contributed by atoms with Gasteiger partial charge in [-0.25, -0.2) is 0 Å². The van der Waals surface area contributed by atoms with Gasteiger partial charge in [0, 0.05) is 25.8 Å². The summed E-state index contributed by atoms with van der Waals surface area (Å²) in [5, 5.41) is 0. The predicted octanol–water partition coefficient (Wildman–Crippen LogP) is 2.45. The Balaban J connectivity index is 3.14. The smallest absolute Gasteiger partial charge is 0.306 e. The van der Waals surface area contributed by atoms with E-state index in [-0.39, 0.29) is 25.9 Å². The maximum Gasteiger partial charge on any atom is 0.306 e. The van der Waals surface area contributed by atoms with E-state index < -0.39 is 48.6 Å². The molecule has 0 radical (unpaired) electrons. The van der Waals surface area contributed by atoms with Gasteiger partial charge in [-0.2, -0.15) is 0 Å². The molecular weight excluding hydrogens is 430 g/mol. The molecule has 1 rings (SSSR count). The number of rotatable bonds is 14. The SMILES string of the molecule is C#CCN(C)CCOC1OC(C)C(OC(=O)CCC)C(OC(=O)CCC)C1OC(=O)CCC. The molecule has 0 aromatic rings. The molecule has 33 heavy (non-hydrogen) atoms. The van der Waals surface area contributed by atoms with Gasteiger partial charge in [0.2, 0.25) is 0 Å². The first-order valence-corrected chi connectivity index (χ1v) is 11.7. The minimum Gasteiger partial charge on any atom is -0.455 e. The number of esters is 3. The van der Waals surface area contributed by atoms with Crippen LogP contribution >= 0.6 is 0 Å². The molecule has 1 fully saturated rings. The third-order valence-electron chi connectivity index (χ3n) is 5.01. The summed E-state index contributed by atoms with van der Waals surface area (Å²) in [6, 6.07) is 0. The summed E-state index contributed by atoms with van der Waals surface area (Å²) in [6.07, 6.45) is 2.94. The summed E-state index contributed by atoms with van der Waals surface area (Å²) in [5.41, 5.74) is 0. The normalized spacial score (nSPS) is 24.7. The first kappa shape index (κ1) is 28.9. The van der Waals surface area contributed by atoms with Crippen LogP contribution in [-0.2, 0) is 38.1 Å². The van der Waals surface area contributed by atoms with Crippen LogP contribution in [0.5, 0.6) is 0 Å². The van der Waals surface area contributed by atoms with E-state index in [1.807, 2.05) is 32.7 Å². The summed E-state index contributed by atoms with van der Waals surface area (Å²) in [5.74, 6) is 1.16. The van der Waals surface area contributed by atoms with Gasteiger partial charge in [-0.3, -0.25) is 19.3 Å². The van der Waals surface area contributed by atoms with Crippen molar-refractivity contribution in [2.24, 2.45) is 0 Å². The molecule has 0 amide bonds. The minimum absolute atomic E-state index is 0.180. The van der Waals surface area contributed by atoms with E-state index in [9.17, 15) is 14.4 Å². The van der Waals surface area contributed by atoms with Gasteiger partial charge < -0.3 is 23.7 Å². The predicted molar refractivity (Wildman–Crippen MR) is 121 cm³/mol. The molecule has 1 saturated heterocycles. The number of ether oxygens (including phenoxy) is 5. The van der Waals surface area contributed by atoms with Gasteiger partial charge in [0.15, 0.2) is 24.6 Å². The second kappa shape index (κ2) is 15.6. The third kappa shape index (κ3) is 10.1. The molecular formula is C24H39NO8. The van der Waals surface area contributed by atoms with Crippen LogP contribution in [0.2, 0.25) is 0 Å². The van der Waals surface area contributed by atoms with Crippen molar-refractivity contribution in [3.8, 4) is 12.3 Å². The molecule has 5 atom stereocenters. The lowest BCUT2D eigenvalue weighted by Crippen LogP contribution is -2.61. The van der Waals surface area contributed by atoms with Crippen molar-refractivity contribution >= 4 is 17.9 Å². The molecule has 5 unspecified atom stereocenters. The van der Waals surface area contributed by atoms with Gasteiger partial charge >= 0.3 is 17.9 Å². The summed E-state index contributed by atoms with van der Waals surface area (Å²) < 4.78 is 28.8. The second-order valence-electron chi connectivity index (χ2n) is 8.14. The first-order valence-electron chi connectivity index (χ1n) is 11.7. The average Bonchev–Trinajstić information content (AvgIpc) is 2.74. The average molecular weight is 470 g/mol. The number of carbonyl (C=O) groups is 3. The summed E-state index contributed by atoms with van der Waals surface area (Å²) in [4.78, 5) is 38.9. The van der Waals surface area contributed by atoms with Gasteiger partial charge in [0.05, 0.1) is 19.3 Å². The van der Waals surface area contributed by atoms with Crippen LogP contribution in [-0.4, -0.2) is 80.3 Å². The Kier molecular flexibility index (Phi) is 13.7. The fourth-order valence-electron chi connectivity index (χ4n) is 3.33. The Bertz CT molecular complexity index is 661. The monoisotopic (exact) mass is 469 g/mol. The Morgan fingerprint density at radius 3 is 1.85 bits per heavy atom. The van der Waals surface area contributed by atoms with E-state index in [1.54, 1.807) is 6.92 Å². The largest absolute Gasteiger partial charge is 0.455 e. The molecule has 188 valence electrons. The van der Waals surface area contributed by atoms with Crippen LogP contribution in [0.15, 0.2) is 0 Å². The van der Waals surface area contributed by atoms with Gasteiger partial charge in [0.25, 0.3) is 0 Å². The molecule has 0 bridgehead atoms. The highest BCUT2D eigenvalue weighted by Crippen LogP contribution is 2.30. The van der Waals surface area contributed by atoms with Crippen molar-refractivity contribution in [3.05, 3.63) is 0 Å². The van der Waals surface area contributed by atoms with Crippen LogP contribution in [0.3, 0.4) is 0 Å². The Morgan fingerprint density at radius 1 is 0.879 bits per heavy atom. The maximum atomic E-state index is 12.4. The van der Waals surface area contributed by atoms with Crippen LogP contribution in [0.1, 0.15) is 66.2 Å². The lowest BCUT2D eigenvalue weighted by atomic mass is 9.98. The van der Waals surface area contributed by atoms with Gasteiger partial charge in [-0.1, -0.05) is 26.7 Å². The van der Waals surface area contributed by atoms with E-state index in [0.717, 1.165) is 0 Å². The molecule has 0 N–H and O–H groups in total. The molecule has 1 aliphatic heterocycles. The molecule has 1 heterocycles. The number of carbonyl (C=O) groups excluding carboxylic acids is 3. The van der Waals surface area contributed by atoms with Crippen LogP contribution < -0.4 is 0 Å². The van der Waals surface area contributed by atoms with Gasteiger partial charge in [-0.15, -0.1) is 6.42 Å². The lowest BCUT2D eigenvalue weighted by Gasteiger charge is -2.43. The van der Waals surface area contributed by atoms with Crippen LogP contribution in [0.25, 0.3) is 0 Å². The third-order valence-corrected chi connectivity index (χ3v) is 5.01. The zero-order valence-electron chi connectivity index (χ0n) is 20.5. The number of terminal acetylenes is 1. The van der Waals surface area contributed by atoms with E-state index in [0.29, 0.717) is 32.4 Å². The molecule has 0 aromatic carbocycles. The quantitative estimate of drug-likeness (QED) is 0.216. The fraction of sp³-hybridized carbons (Fsp3) is 0.792. The number of likely N-dealkylation sites (N-methyl/N-ethyl adjacent to an activating group) is 1. The lowest BCUT2D eigenvalue weighted by molar-refractivity contribution is -0.301. The van der Waals surface area contributed by atoms with Crippen LogP contribution in [0, 0.1) is 12.3 Å². The van der Waals surface area contributed by atoms with Crippen molar-refractivity contribution in [1.82, 2.24) is 4.90 Å². The summed E-state index contributed by atoms with van der Waals surface area (Å²) in [6.45, 7) is 8.48. The number of hydrogen-bond acceptors (Lipinski definition) is 9. The first-order chi connectivity index (χ1) is 15.8. The molecule has 0 spiro atoms. The minimum atomic E-state index is -1.08. The van der Waals surface area contributed by atoms with Crippen molar-refractivity contribution in [2.75, 3.05) is 26.7 Å². The molecule has 9 heteroatoms. The summed E-state index contributed by atoms with van der Waals surface area (Å²) in [7, 11) is 1.85. The van der Waals surface area contributed by atoms with Crippen molar-refractivity contribution in [3.63, 3.8) is 0 Å². The fourth-order valence-corrected chi connectivity index (χ4v) is 3.33. The van der Waals surface area contributed by atoms with Crippen molar-refractivity contribution < 1.29 is 38.1 Å². The van der Waals surface area contributed by atoms with Crippen molar-refractivity contribution in [1.29, 1.82) is 0 Å². The number of hydrogen-bond donors (Lipinski definition) is 0. The Morgan fingerprint density at radius 2 is 1.36 bits per heavy atom. The van der Waals surface area contributed by atoms with E-state index in [1.165, 1.54) is 0 Å². The summed E-state index contributed by atoms with van der Waals surface area (Å²) >= 11 is 0. The van der Waals surface area contributed by atoms with Crippen LogP contribution in [0.4, 0.5) is 0 Å². The second-order valence-corrected chi connectivity index (χ2v) is 8.14. The maximum absolute atomic E-state index is 12.4. The molecule has 0 aliphatic carbocycles. The zero-order chi connectivity index (χ0) is 24.8. The van der Waals surface area contributed by atoms with Gasteiger partial charge in [0.1, 0.15) is 0 Å². The van der Waals surface area contributed by atoms with Crippen molar-refractivity contribution in [2.45, 2.75) is 96.9 Å². The topological polar surface area (TPSA) is 101 Å². The van der Waals surface area contributed by atoms with E-state index in [4.69, 9.17) is 30.1 Å². The molecule has 1 aliphatic rings. The van der Waals surface area contributed by atoms with E-state index in [2.05, 4.69) is 5.92 Å². The highest BCUT2D eigenvalue weighted by molar-refractivity contribution is 5.71. The van der Waals surface area contributed by atoms with Gasteiger partial charge in [-0.05, 0) is 33.2 Å². The number of nitrogens with zero attached hydrogens (tertiary/aromatic N) is 1. The highest BCUT2D eigenvalue weighted by atomic mass is 16.7. The Hall–Kier alpha value is -2.15. The molecule has 9 nitrogen and oxygen atoms in total. The molecule has 0 saturated carbocycles. The zero-order valence-corrected chi connectivity index (χ0v) is 20.5.